The lowest BCUT2D eigenvalue weighted by atomic mass is 9.79. The Morgan fingerprint density at radius 3 is 2.59 bits per heavy atom. The van der Waals surface area contributed by atoms with E-state index < -0.39 is 0 Å². The minimum Gasteiger partial charge on any atom is -0.330 e. The zero-order valence-corrected chi connectivity index (χ0v) is 11.6. The number of nitrogens with two attached hydrogens (primary N) is 1. The SMILES string of the molecule is CC(C)(C)C(CN)Cc1nc2ccccc2s1. The Morgan fingerprint density at radius 2 is 2.00 bits per heavy atom. The van der Waals surface area contributed by atoms with Gasteiger partial charge in [-0.15, -0.1) is 11.3 Å². The number of hydrogen-bond donors (Lipinski definition) is 1. The van der Waals surface area contributed by atoms with Crippen molar-refractivity contribution >= 4 is 21.6 Å². The topological polar surface area (TPSA) is 38.9 Å². The lowest BCUT2D eigenvalue weighted by molar-refractivity contribution is 0.245. The number of rotatable bonds is 3. The van der Waals surface area contributed by atoms with Crippen molar-refractivity contribution in [3.05, 3.63) is 29.3 Å². The van der Waals surface area contributed by atoms with Crippen LogP contribution in [0.3, 0.4) is 0 Å². The summed E-state index contributed by atoms with van der Waals surface area (Å²) in [5.41, 5.74) is 7.23. The van der Waals surface area contributed by atoms with E-state index >= 15 is 0 Å². The molecule has 2 rings (SSSR count). The number of hydrogen-bond acceptors (Lipinski definition) is 3. The Hall–Kier alpha value is -0.930. The Labute approximate surface area is 107 Å². The van der Waals surface area contributed by atoms with Crippen molar-refractivity contribution in [2.75, 3.05) is 6.54 Å². The largest absolute Gasteiger partial charge is 0.330 e. The molecule has 1 aromatic heterocycles. The Balaban J connectivity index is 2.23. The molecule has 0 saturated carbocycles. The van der Waals surface area contributed by atoms with Crippen LogP contribution in [-0.4, -0.2) is 11.5 Å². The summed E-state index contributed by atoms with van der Waals surface area (Å²) in [6, 6.07) is 8.30. The lowest BCUT2D eigenvalue weighted by Gasteiger charge is -2.28. The van der Waals surface area contributed by atoms with Crippen molar-refractivity contribution in [1.82, 2.24) is 4.98 Å². The predicted octanol–water partition coefficient (Wildman–Crippen LogP) is 3.46. The van der Waals surface area contributed by atoms with Crippen LogP contribution < -0.4 is 5.73 Å². The fraction of sp³-hybridized carbons (Fsp3) is 0.500. The molecule has 1 heterocycles. The third-order valence-corrected chi connectivity index (χ3v) is 4.33. The van der Waals surface area contributed by atoms with Crippen molar-refractivity contribution in [2.45, 2.75) is 27.2 Å². The molecular weight excluding hydrogens is 228 g/mol. The normalized spacial score (nSPS) is 14.1. The van der Waals surface area contributed by atoms with Crippen LogP contribution in [0.15, 0.2) is 24.3 Å². The second-order valence-corrected chi connectivity index (χ2v) is 6.69. The molecule has 0 amide bonds. The number of benzene rings is 1. The van der Waals surface area contributed by atoms with E-state index in [1.807, 2.05) is 6.07 Å². The third kappa shape index (κ3) is 2.85. The van der Waals surface area contributed by atoms with Gasteiger partial charge in [0, 0.05) is 6.42 Å². The van der Waals surface area contributed by atoms with E-state index in [0.717, 1.165) is 18.5 Å². The summed E-state index contributed by atoms with van der Waals surface area (Å²) in [6.07, 6.45) is 0.985. The predicted molar refractivity (Wildman–Crippen MR) is 75.3 cm³/mol. The van der Waals surface area contributed by atoms with E-state index in [0.29, 0.717) is 5.92 Å². The van der Waals surface area contributed by atoms with Crippen LogP contribution in [-0.2, 0) is 6.42 Å². The summed E-state index contributed by atoms with van der Waals surface area (Å²) >= 11 is 1.79. The maximum atomic E-state index is 5.88. The van der Waals surface area contributed by atoms with E-state index in [2.05, 4.69) is 44.0 Å². The van der Waals surface area contributed by atoms with Gasteiger partial charge in [-0.3, -0.25) is 0 Å². The van der Waals surface area contributed by atoms with Crippen molar-refractivity contribution in [1.29, 1.82) is 0 Å². The van der Waals surface area contributed by atoms with Crippen molar-refractivity contribution in [3.8, 4) is 0 Å². The zero-order chi connectivity index (χ0) is 12.5. The number of nitrogens with zero attached hydrogens (tertiary/aromatic N) is 1. The molecule has 0 saturated heterocycles. The molecule has 2 nitrogen and oxygen atoms in total. The molecule has 0 aliphatic heterocycles. The van der Waals surface area contributed by atoms with Gasteiger partial charge in [0.2, 0.25) is 0 Å². The summed E-state index contributed by atoms with van der Waals surface area (Å²) in [4.78, 5) is 4.68. The molecule has 0 radical (unpaired) electrons. The minimum atomic E-state index is 0.243. The van der Waals surface area contributed by atoms with Gasteiger partial charge in [-0.25, -0.2) is 4.98 Å². The number of thiazole rings is 1. The van der Waals surface area contributed by atoms with Gasteiger partial charge in [0.1, 0.15) is 0 Å². The molecule has 1 atom stereocenters. The van der Waals surface area contributed by atoms with Gasteiger partial charge in [0.25, 0.3) is 0 Å². The molecule has 0 aliphatic carbocycles. The van der Waals surface area contributed by atoms with Crippen LogP contribution in [0.4, 0.5) is 0 Å². The monoisotopic (exact) mass is 248 g/mol. The fourth-order valence-corrected chi connectivity index (χ4v) is 3.01. The third-order valence-electron chi connectivity index (χ3n) is 3.27. The van der Waals surface area contributed by atoms with Gasteiger partial charge >= 0.3 is 0 Å². The standard InChI is InChI=1S/C14H20N2S/c1-14(2,3)10(9-15)8-13-16-11-6-4-5-7-12(11)17-13/h4-7,10H,8-9,15H2,1-3H3. The van der Waals surface area contributed by atoms with E-state index in [1.165, 1.54) is 9.71 Å². The average Bonchev–Trinajstić information content (AvgIpc) is 2.66. The molecule has 0 bridgehead atoms. The molecule has 0 aliphatic rings. The van der Waals surface area contributed by atoms with Gasteiger partial charge < -0.3 is 5.73 Å². The van der Waals surface area contributed by atoms with Crippen molar-refractivity contribution in [3.63, 3.8) is 0 Å². The highest BCUT2D eigenvalue weighted by Crippen LogP contribution is 2.31. The molecule has 92 valence electrons. The minimum absolute atomic E-state index is 0.243. The first kappa shape index (κ1) is 12.5. The Kier molecular flexibility index (Phi) is 3.50. The van der Waals surface area contributed by atoms with Crippen LogP contribution in [0.25, 0.3) is 10.2 Å². The average molecular weight is 248 g/mol. The molecule has 3 heteroatoms. The molecule has 17 heavy (non-hydrogen) atoms. The Bertz CT molecular complexity index is 463. The highest BCUT2D eigenvalue weighted by atomic mass is 32.1. The van der Waals surface area contributed by atoms with Crippen molar-refractivity contribution < 1.29 is 0 Å². The summed E-state index contributed by atoms with van der Waals surface area (Å²) < 4.78 is 1.27. The fourth-order valence-electron chi connectivity index (χ4n) is 1.96. The summed E-state index contributed by atoms with van der Waals surface area (Å²) in [7, 11) is 0. The number of fused-ring (bicyclic) bond motifs is 1. The second kappa shape index (κ2) is 4.75. The maximum absolute atomic E-state index is 5.88. The van der Waals surface area contributed by atoms with Gasteiger partial charge in [-0.1, -0.05) is 32.9 Å². The van der Waals surface area contributed by atoms with E-state index in [1.54, 1.807) is 11.3 Å². The summed E-state index contributed by atoms with van der Waals surface area (Å²) in [6.45, 7) is 7.47. The first-order valence-electron chi connectivity index (χ1n) is 6.05. The quantitative estimate of drug-likeness (QED) is 0.903. The second-order valence-electron chi connectivity index (χ2n) is 5.58. The van der Waals surface area contributed by atoms with Crippen LogP contribution >= 0.6 is 11.3 Å². The van der Waals surface area contributed by atoms with Crippen LogP contribution in [0.5, 0.6) is 0 Å². The smallest absolute Gasteiger partial charge is 0.0942 e. The maximum Gasteiger partial charge on any atom is 0.0942 e. The van der Waals surface area contributed by atoms with Crippen LogP contribution in [0, 0.1) is 11.3 Å². The molecule has 1 aromatic carbocycles. The van der Waals surface area contributed by atoms with E-state index in [4.69, 9.17) is 5.73 Å². The number of aromatic nitrogens is 1. The van der Waals surface area contributed by atoms with Crippen LogP contribution in [0.1, 0.15) is 25.8 Å². The van der Waals surface area contributed by atoms with Crippen LogP contribution in [0.2, 0.25) is 0 Å². The lowest BCUT2D eigenvalue weighted by Crippen LogP contribution is -2.29. The van der Waals surface area contributed by atoms with Gasteiger partial charge in [-0.05, 0) is 30.0 Å². The summed E-state index contributed by atoms with van der Waals surface area (Å²) in [5, 5.41) is 1.21. The molecule has 2 aromatic rings. The first-order valence-corrected chi connectivity index (χ1v) is 6.87. The highest BCUT2D eigenvalue weighted by molar-refractivity contribution is 7.18. The number of para-hydroxylation sites is 1. The van der Waals surface area contributed by atoms with Gasteiger partial charge in [0.05, 0.1) is 15.2 Å². The molecular formula is C14H20N2S. The molecule has 1 unspecified atom stereocenters. The zero-order valence-electron chi connectivity index (χ0n) is 10.7. The van der Waals surface area contributed by atoms with Gasteiger partial charge in [0.15, 0.2) is 0 Å². The molecule has 0 spiro atoms. The van der Waals surface area contributed by atoms with E-state index in [9.17, 15) is 0 Å². The van der Waals surface area contributed by atoms with Gasteiger partial charge in [-0.2, -0.15) is 0 Å². The first-order chi connectivity index (χ1) is 8.00. The van der Waals surface area contributed by atoms with Crippen molar-refractivity contribution in [2.24, 2.45) is 17.1 Å². The summed E-state index contributed by atoms with van der Waals surface area (Å²) in [5.74, 6) is 0.489. The molecule has 2 N–H and O–H groups in total. The highest BCUT2D eigenvalue weighted by Gasteiger charge is 2.24. The molecule has 0 fully saturated rings. The Morgan fingerprint density at radius 1 is 1.29 bits per heavy atom. The van der Waals surface area contributed by atoms with E-state index in [-0.39, 0.29) is 5.41 Å².